The van der Waals surface area contributed by atoms with E-state index in [0.29, 0.717) is 0 Å². The van der Waals surface area contributed by atoms with Crippen molar-refractivity contribution in [2.75, 3.05) is 0 Å². The van der Waals surface area contributed by atoms with Gasteiger partial charge in [0.15, 0.2) is 0 Å². The van der Waals surface area contributed by atoms with Crippen molar-refractivity contribution < 1.29 is 8.78 Å². The maximum atomic E-state index is 12.5. The Morgan fingerprint density at radius 2 is 2.08 bits per heavy atom. The molecule has 1 fully saturated rings. The quantitative estimate of drug-likeness (QED) is 0.652. The molecule has 1 aliphatic rings. The number of hydrogen-bond acceptors (Lipinski definition) is 1. The average Bonchev–Trinajstić information content (AvgIpc) is 2.01. The van der Waals surface area contributed by atoms with Crippen LogP contribution in [0.4, 0.5) is 8.78 Å². The minimum absolute atomic E-state index is 0.0161. The van der Waals surface area contributed by atoms with E-state index in [4.69, 9.17) is 0 Å². The molecule has 70 valence electrons. The number of halogens is 2. The highest BCUT2D eigenvalue weighted by atomic mass is 19.3. The van der Waals surface area contributed by atoms with Gasteiger partial charge in [0.2, 0.25) is 5.92 Å². The van der Waals surface area contributed by atoms with Crippen LogP contribution >= 0.6 is 0 Å². The minimum Gasteiger partial charge on any atom is -0.261 e. The van der Waals surface area contributed by atoms with Crippen LogP contribution in [0.25, 0.3) is 0 Å². The van der Waals surface area contributed by atoms with Gasteiger partial charge in [-0.15, -0.1) is 0 Å². The predicted octanol–water partition coefficient (Wildman–Crippen LogP) is 2.90. The van der Waals surface area contributed by atoms with E-state index in [2.05, 4.69) is 4.98 Å². The summed E-state index contributed by atoms with van der Waals surface area (Å²) in [5, 5.41) is 0. The topological polar surface area (TPSA) is 12.9 Å². The zero-order valence-corrected chi connectivity index (χ0v) is 7.43. The van der Waals surface area contributed by atoms with Gasteiger partial charge in [-0.25, -0.2) is 8.78 Å². The van der Waals surface area contributed by atoms with E-state index < -0.39 is 5.92 Å². The number of rotatable bonds is 1. The highest BCUT2D eigenvalue weighted by Gasteiger charge is 2.45. The van der Waals surface area contributed by atoms with Gasteiger partial charge in [-0.05, 0) is 24.5 Å². The van der Waals surface area contributed by atoms with Crippen LogP contribution in [-0.2, 0) is 0 Å². The third kappa shape index (κ3) is 1.69. The summed E-state index contributed by atoms with van der Waals surface area (Å²) in [5.74, 6) is -2.42. The van der Waals surface area contributed by atoms with Crippen LogP contribution in [0, 0.1) is 6.92 Å². The first kappa shape index (κ1) is 8.60. The van der Waals surface area contributed by atoms with Crippen LogP contribution in [-0.4, -0.2) is 10.9 Å². The maximum Gasteiger partial charge on any atom is 0.249 e. The van der Waals surface area contributed by atoms with Gasteiger partial charge in [0.05, 0.1) is 0 Å². The summed E-state index contributed by atoms with van der Waals surface area (Å²) in [6.07, 6.45) is 1.67. The second-order valence-corrected chi connectivity index (χ2v) is 3.69. The van der Waals surface area contributed by atoms with Gasteiger partial charge in [0, 0.05) is 24.7 Å². The molecule has 0 spiro atoms. The summed E-state index contributed by atoms with van der Waals surface area (Å²) in [6.45, 7) is 1.89. The summed E-state index contributed by atoms with van der Waals surface area (Å²) < 4.78 is 25.1. The van der Waals surface area contributed by atoms with Gasteiger partial charge in [0.1, 0.15) is 0 Å². The van der Waals surface area contributed by atoms with Gasteiger partial charge in [-0.3, -0.25) is 4.98 Å². The van der Waals surface area contributed by atoms with Crippen LogP contribution in [0.5, 0.6) is 0 Å². The fraction of sp³-hybridized carbons (Fsp3) is 0.500. The van der Waals surface area contributed by atoms with Crippen molar-refractivity contribution in [3.63, 3.8) is 0 Å². The van der Waals surface area contributed by atoms with E-state index in [-0.39, 0.29) is 18.8 Å². The third-order valence-corrected chi connectivity index (χ3v) is 2.50. The summed E-state index contributed by atoms with van der Waals surface area (Å²) >= 11 is 0. The molecule has 0 atom stereocenters. The molecule has 1 saturated carbocycles. The summed E-state index contributed by atoms with van der Waals surface area (Å²) in [5.41, 5.74) is 1.87. The Labute approximate surface area is 75.8 Å². The Morgan fingerprint density at radius 3 is 2.54 bits per heavy atom. The lowest BCUT2D eigenvalue weighted by Gasteiger charge is -2.34. The molecule has 0 aliphatic heterocycles. The van der Waals surface area contributed by atoms with Gasteiger partial charge in [-0.2, -0.15) is 0 Å². The lowest BCUT2D eigenvalue weighted by atomic mass is 9.77. The highest BCUT2D eigenvalue weighted by Crippen LogP contribution is 2.47. The lowest BCUT2D eigenvalue weighted by Crippen LogP contribution is -2.33. The molecular formula is C10H11F2N. The van der Waals surface area contributed by atoms with E-state index in [1.807, 2.05) is 19.1 Å². The van der Waals surface area contributed by atoms with Crippen molar-refractivity contribution >= 4 is 0 Å². The van der Waals surface area contributed by atoms with Crippen LogP contribution < -0.4 is 0 Å². The molecule has 1 heterocycles. The first-order valence-corrected chi connectivity index (χ1v) is 4.37. The van der Waals surface area contributed by atoms with Crippen LogP contribution in [0.2, 0.25) is 0 Å². The standard InChI is InChI=1S/C10H11F2N/c1-7-2-3-8(6-13-7)9-4-10(11,12)5-9/h2-3,6,9H,4-5H2,1H3. The Hall–Kier alpha value is -0.990. The van der Waals surface area contributed by atoms with Crippen LogP contribution in [0.1, 0.15) is 30.0 Å². The van der Waals surface area contributed by atoms with Crippen LogP contribution in [0.15, 0.2) is 18.3 Å². The van der Waals surface area contributed by atoms with Crippen molar-refractivity contribution in [3.8, 4) is 0 Å². The second-order valence-electron chi connectivity index (χ2n) is 3.69. The molecule has 0 aromatic carbocycles. The molecule has 0 bridgehead atoms. The number of aryl methyl sites for hydroxylation is 1. The summed E-state index contributed by atoms with van der Waals surface area (Å²) in [6, 6.07) is 3.76. The molecule has 0 radical (unpaired) electrons. The molecule has 0 unspecified atom stereocenters. The average molecular weight is 183 g/mol. The number of nitrogens with zero attached hydrogens (tertiary/aromatic N) is 1. The number of pyridine rings is 1. The number of hydrogen-bond donors (Lipinski definition) is 0. The number of aromatic nitrogens is 1. The van der Waals surface area contributed by atoms with Crippen LogP contribution in [0.3, 0.4) is 0 Å². The predicted molar refractivity (Wildman–Crippen MR) is 45.9 cm³/mol. The van der Waals surface area contributed by atoms with Gasteiger partial charge >= 0.3 is 0 Å². The van der Waals surface area contributed by atoms with E-state index in [0.717, 1.165) is 11.3 Å². The first-order valence-electron chi connectivity index (χ1n) is 4.37. The van der Waals surface area contributed by atoms with Gasteiger partial charge in [-0.1, -0.05) is 6.07 Å². The van der Waals surface area contributed by atoms with E-state index in [9.17, 15) is 8.78 Å². The van der Waals surface area contributed by atoms with Gasteiger partial charge in [0.25, 0.3) is 0 Å². The molecule has 0 amide bonds. The molecule has 0 N–H and O–H groups in total. The molecule has 3 heteroatoms. The first-order chi connectivity index (χ1) is 6.07. The van der Waals surface area contributed by atoms with Crippen molar-refractivity contribution in [3.05, 3.63) is 29.6 Å². The summed E-state index contributed by atoms with van der Waals surface area (Å²) in [7, 11) is 0. The van der Waals surface area contributed by atoms with Crippen molar-refractivity contribution in [2.24, 2.45) is 0 Å². The van der Waals surface area contributed by atoms with E-state index in [1.54, 1.807) is 6.20 Å². The summed E-state index contributed by atoms with van der Waals surface area (Å²) in [4.78, 5) is 4.08. The van der Waals surface area contributed by atoms with E-state index in [1.165, 1.54) is 0 Å². The molecule has 2 rings (SSSR count). The molecule has 1 aromatic heterocycles. The molecule has 1 nitrogen and oxygen atoms in total. The second kappa shape index (κ2) is 2.76. The normalized spacial score (nSPS) is 21.2. The Kier molecular flexibility index (Phi) is 1.82. The van der Waals surface area contributed by atoms with Crippen molar-refractivity contribution in [2.45, 2.75) is 31.6 Å². The smallest absolute Gasteiger partial charge is 0.249 e. The molecule has 0 saturated heterocycles. The van der Waals surface area contributed by atoms with Gasteiger partial charge < -0.3 is 0 Å². The molecular weight excluding hydrogens is 172 g/mol. The molecule has 1 aliphatic carbocycles. The Balaban J connectivity index is 2.08. The Morgan fingerprint density at radius 1 is 1.38 bits per heavy atom. The highest BCUT2D eigenvalue weighted by molar-refractivity contribution is 5.21. The Bertz CT molecular complexity index is 297. The van der Waals surface area contributed by atoms with Crippen molar-refractivity contribution in [1.29, 1.82) is 0 Å². The van der Waals surface area contributed by atoms with Crippen molar-refractivity contribution in [1.82, 2.24) is 4.98 Å². The third-order valence-electron chi connectivity index (χ3n) is 2.50. The fourth-order valence-corrected chi connectivity index (χ4v) is 1.62. The number of alkyl halides is 2. The SMILES string of the molecule is Cc1ccc(C2CC(F)(F)C2)cn1. The monoisotopic (exact) mass is 183 g/mol. The molecule has 1 aromatic rings. The lowest BCUT2D eigenvalue weighted by molar-refractivity contribution is -0.0868. The zero-order chi connectivity index (χ0) is 9.47. The molecule has 13 heavy (non-hydrogen) atoms. The minimum atomic E-state index is -2.43. The fourth-order valence-electron chi connectivity index (χ4n) is 1.62. The maximum absolute atomic E-state index is 12.5. The largest absolute Gasteiger partial charge is 0.261 e. The van der Waals surface area contributed by atoms with E-state index >= 15 is 0 Å². The zero-order valence-electron chi connectivity index (χ0n) is 7.43.